The molecule has 0 fully saturated rings. The summed E-state index contributed by atoms with van der Waals surface area (Å²) in [4.78, 5) is 0. The zero-order chi connectivity index (χ0) is 4.12. The van der Waals surface area contributed by atoms with Crippen molar-refractivity contribution in [2.45, 2.75) is 13.2 Å². The van der Waals surface area contributed by atoms with Gasteiger partial charge < -0.3 is 4.65 Å². The molecule has 0 saturated carbocycles. The molecule has 0 unspecified atom stereocenters. The fourth-order valence-electron chi connectivity index (χ4n) is 0.204. The second kappa shape index (κ2) is 4.02. The first-order valence-electron chi connectivity index (χ1n) is 1.90. The number of hydrogen-bond donors (Lipinski definition) is 0. The molecular formula is C3H9BO. The van der Waals surface area contributed by atoms with Crippen LogP contribution in [0.3, 0.4) is 0 Å². The summed E-state index contributed by atoms with van der Waals surface area (Å²) in [7, 11) is 2.60. The molecule has 0 N–H and O–H groups in total. The maximum Gasteiger partial charge on any atom is 0.274 e. The second-order valence-electron chi connectivity index (χ2n) is 0.993. The van der Waals surface area contributed by atoms with Crippen LogP contribution in [0, 0.1) is 0 Å². The third-order valence-corrected chi connectivity index (χ3v) is 0.408. The van der Waals surface area contributed by atoms with Gasteiger partial charge in [0.1, 0.15) is 0 Å². The Hall–Kier alpha value is 0.0249. The Kier molecular flexibility index (Phi) is 4.05. The van der Waals surface area contributed by atoms with Crippen molar-refractivity contribution in [1.29, 1.82) is 0 Å². The van der Waals surface area contributed by atoms with E-state index in [1.807, 2.05) is 0 Å². The Balaban J connectivity index is 2.19. The lowest BCUT2D eigenvalue weighted by Crippen LogP contribution is -1.86. The molecule has 0 aliphatic heterocycles. The highest BCUT2D eigenvalue weighted by atomic mass is 16.4. The van der Waals surface area contributed by atoms with Gasteiger partial charge in [0, 0.05) is 7.11 Å². The van der Waals surface area contributed by atoms with Crippen LogP contribution in [-0.4, -0.2) is 14.6 Å². The zero-order valence-electron chi connectivity index (χ0n) is 3.82. The molecule has 0 amide bonds. The molecule has 1 nitrogen and oxygen atoms in total. The van der Waals surface area contributed by atoms with Crippen molar-refractivity contribution in [3.63, 3.8) is 0 Å². The predicted molar refractivity (Wildman–Crippen MR) is 24.6 cm³/mol. The summed E-state index contributed by atoms with van der Waals surface area (Å²) < 4.78 is 4.69. The van der Waals surface area contributed by atoms with Crippen LogP contribution < -0.4 is 0 Å². The van der Waals surface area contributed by atoms with E-state index in [0.29, 0.717) is 0 Å². The highest BCUT2D eigenvalue weighted by molar-refractivity contribution is 6.26. The maximum absolute atomic E-state index is 4.69. The summed E-state index contributed by atoms with van der Waals surface area (Å²) in [6, 6.07) is 0. The molecule has 0 heterocycles. The third kappa shape index (κ3) is 4.02. The van der Waals surface area contributed by atoms with E-state index in [1.165, 1.54) is 0 Å². The van der Waals surface area contributed by atoms with Gasteiger partial charge in [-0.3, -0.25) is 0 Å². The van der Waals surface area contributed by atoms with Crippen molar-refractivity contribution < 1.29 is 4.65 Å². The van der Waals surface area contributed by atoms with Crippen LogP contribution in [0.5, 0.6) is 0 Å². The summed E-state index contributed by atoms with van der Waals surface area (Å²) in [5, 5.41) is 0. The summed E-state index contributed by atoms with van der Waals surface area (Å²) in [5.41, 5.74) is 0. The largest absolute Gasteiger partial charge is 0.442 e. The minimum Gasteiger partial charge on any atom is -0.442 e. The average molecular weight is 71.9 g/mol. The molecule has 0 saturated heterocycles. The van der Waals surface area contributed by atoms with Crippen molar-refractivity contribution in [3.8, 4) is 0 Å². The van der Waals surface area contributed by atoms with E-state index in [2.05, 4.69) is 6.92 Å². The molecule has 0 aromatic carbocycles. The van der Waals surface area contributed by atoms with Crippen molar-refractivity contribution in [3.05, 3.63) is 0 Å². The molecule has 0 aliphatic rings. The van der Waals surface area contributed by atoms with Crippen LogP contribution >= 0.6 is 0 Å². The molecule has 5 heavy (non-hydrogen) atoms. The van der Waals surface area contributed by atoms with Gasteiger partial charge in [-0.2, -0.15) is 0 Å². The number of rotatable bonds is 2. The molecule has 2 heteroatoms. The number of hydrogen-bond acceptors (Lipinski definition) is 1. The molecule has 0 rings (SSSR count). The van der Waals surface area contributed by atoms with Crippen molar-refractivity contribution >= 4 is 7.48 Å². The Morgan fingerprint density at radius 2 is 2.40 bits per heavy atom. The van der Waals surface area contributed by atoms with Crippen molar-refractivity contribution in [2.75, 3.05) is 7.11 Å². The van der Waals surface area contributed by atoms with Crippen LogP contribution in [0.4, 0.5) is 0 Å². The van der Waals surface area contributed by atoms with Crippen LogP contribution in [0.25, 0.3) is 0 Å². The lowest BCUT2D eigenvalue weighted by atomic mass is 9.98. The lowest BCUT2D eigenvalue weighted by molar-refractivity contribution is 0.442. The Morgan fingerprint density at radius 1 is 1.80 bits per heavy atom. The van der Waals surface area contributed by atoms with E-state index in [-0.39, 0.29) is 0 Å². The van der Waals surface area contributed by atoms with Crippen LogP contribution in [0.2, 0.25) is 6.32 Å². The van der Waals surface area contributed by atoms with E-state index in [4.69, 9.17) is 4.65 Å². The van der Waals surface area contributed by atoms with E-state index in [0.717, 1.165) is 13.8 Å². The van der Waals surface area contributed by atoms with Gasteiger partial charge in [-0.1, -0.05) is 13.2 Å². The monoisotopic (exact) mass is 72.1 g/mol. The van der Waals surface area contributed by atoms with Crippen LogP contribution in [-0.2, 0) is 4.65 Å². The van der Waals surface area contributed by atoms with Gasteiger partial charge in [0.15, 0.2) is 0 Å². The van der Waals surface area contributed by atoms with E-state index in [1.54, 1.807) is 7.11 Å². The van der Waals surface area contributed by atoms with Gasteiger partial charge in [0.2, 0.25) is 0 Å². The van der Waals surface area contributed by atoms with E-state index < -0.39 is 0 Å². The molecule has 0 aromatic heterocycles. The fourth-order valence-corrected chi connectivity index (χ4v) is 0.204. The highest BCUT2D eigenvalue weighted by Crippen LogP contribution is 1.68. The van der Waals surface area contributed by atoms with Gasteiger partial charge >= 0.3 is 0 Å². The van der Waals surface area contributed by atoms with Gasteiger partial charge in [0.05, 0.1) is 0 Å². The third-order valence-electron chi connectivity index (χ3n) is 0.408. The van der Waals surface area contributed by atoms with Crippen molar-refractivity contribution in [2.24, 2.45) is 0 Å². The molecule has 0 aromatic rings. The molecule has 0 aliphatic carbocycles. The van der Waals surface area contributed by atoms with Crippen LogP contribution in [0.15, 0.2) is 0 Å². The summed E-state index contributed by atoms with van der Waals surface area (Å²) in [5.74, 6) is 0. The summed E-state index contributed by atoms with van der Waals surface area (Å²) >= 11 is 0. The molecular weight excluding hydrogens is 62.8 g/mol. The maximum atomic E-state index is 4.69. The standard InChI is InChI=1S/C3H9BO/c1-3-4-5-2/h4H,3H2,1-2H3. The minimum absolute atomic E-state index is 0.889. The van der Waals surface area contributed by atoms with Gasteiger partial charge in [0.25, 0.3) is 7.48 Å². The summed E-state index contributed by atoms with van der Waals surface area (Å²) in [6.45, 7) is 2.09. The Morgan fingerprint density at radius 3 is 2.40 bits per heavy atom. The first-order valence-corrected chi connectivity index (χ1v) is 1.90. The Bertz CT molecular complexity index is 14.4. The van der Waals surface area contributed by atoms with E-state index >= 15 is 0 Å². The van der Waals surface area contributed by atoms with Gasteiger partial charge in [-0.25, -0.2) is 0 Å². The average Bonchev–Trinajstić information content (AvgIpc) is 1.41. The lowest BCUT2D eigenvalue weighted by Gasteiger charge is -1.80. The minimum atomic E-state index is 0.889. The predicted octanol–water partition coefficient (Wildman–Crippen LogP) is 0.422. The molecule has 0 radical (unpaired) electrons. The molecule has 0 spiro atoms. The zero-order valence-corrected chi connectivity index (χ0v) is 3.82. The van der Waals surface area contributed by atoms with Crippen molar-refractivity contribution in [1.82, 2.24) is 0 Å². The second-order valence-corrected chi connectivity index (χ2v) is 0.993. The topological polar surface area (TPSA) is 9.23 Å². The van der Waals surface area contributed by atoms with E-state index in [9.17, 15) is 0 Å². The highest BCUT2D eigenvalue weighted by Gasteiger charge is 1.73. The quantitative estimate of drug-likeness (QED) is 0.429. The Labute approximate surface area is 33.6 Å². The fraction of sp³-hybridized carbons (Fsp3) is 1.00. The summed E-state index contributed by atoms with van der Waals surface area (Å²) in [6.07, 6.45) is 1.12. The van der Waals surface area contributed by atoms with Gasteiger partial charge in [-0.15, -0.1) is 0 Å². The smallest absolute Gasteiger partial charge is 0.274 e. The molecule has 0 bridgehead atoms. The molecule has 30 valence electrons. The SMILES string of the molecule is CCBOC. The van der Waals surface area contributed by atoms with Gasteiger partial charge in [-0.05, 0) is 0 Å². The molecule has 0 atom stereocenters. The first-order chi connectivity index (χ1) is 2.41. The normalized spacial score (nSPS) is 7.60. The first kappa shape index (κ1) is 5.02. The van der Waals surface area contributed by atoms with Crippen LogP contribution in [0.1, 0.15) is 6.92 Å².